The predicted molar refractivity (Wildman–Crippen MR) is 140 cm³/mol. The first-order chi connectivity index (χ1) is 18.9. The van der Waals surface area contributed by atoms with Gasteiger partial charge in [0, 0.05) is 6.54 Å². The van der Waals surface area contributed by atoms with E-state index in [0.717, 1.165) is 35.4 Å². The molecule has 0 spiro atoms. The van der Waals surface area contributed by atoms with E-state index in [9.17, 15) is 31.4 Å². The number of likely N-dealkylation sites (tertiary alicyclic amines) is 1. The summed E-state index contributed by atoms with van der Waals surface area (Å²) in [4.78, 5) is 7.18. The molecule has 1 aliphatic rings. The van der Waals surface area contributed by atoms with Crippen molar-refractivity contribution in [3.63, 3.8) is 0 Å². The van der Waals surface area contributed by atoms with Gasteiger partial charge in [0.05, 0.1) is 17.3 Å². The third-order valence-corrected chi connectivity index (χ3v) is 7.27. The highest BCUT2D eigenvalue weighted by Crippen LogP contribution is 2.44. The Kier molecular flexibility index (Phi) is 8.90. The maximum absolute atomic E-state index is 13.2. The van der Waals surface area contributed by atoms with Crippen LogP contribution >= 0.6 is 0 Å². The molecule has 0 amide bonds. The lowest BCUT2D eigenvalue weighted by atomic mass is 9.71. The molecule has 0 unspecified atom stereocenters. The lowest BCUT2D eigenvalue weighted by molar-refractivity contribution is -0.138. The Morgan fingerprint density at radius 2 is 1.23 bits per heavy atom. The third kappa shape index (κ3) is 6.85. The molecule has 1 aliphatic heterocycles. The maximum Gasteiger partial charge on any atom is 0.416 e. The molecule has 214 valence electrons. The summed E-state index contributed by atoms with van der Waals surface area (Å²) in [6.45, 7) is 4.19. The van der Waals surface area contributed by atoms with E-state index in [1.54, 1.807) is 6.21 Å². The standard InChI is InChI=1S/C30H30F6N2O2/c1-2-40-37-19-21-3-5-22(6-4-21)20-38-17-15-25(16-18-38)28(39,23-7-11-26(12-8-23)29(31,32)33)24-9-13-27(14-10-24)30(34,35)36/h3-14,19,25,39H,2,15-18,20H2,1H3. The zero-order chi connectivity index (χ0) is 29.0. The molecule has 0 aromatic heterocycles. The molecule has 0 bridgehead atoms. The van der Waals surface area contributed by atoms with Gasteiger partial charge in [0.2, 0.25) is 0 Å². The van der Waals surface area contributed by atoms with Crippen LogP contribution in [0.15, 0.2) is 78.0 Å². The normalized spacial score (nSPS) is 16.0. The highest BCUT2D eigenvalue weighted by molar-refractivity contribution is 5.79. The van der Waals surface area contributed by atoms with Crippen LogP contribution in [0.3, 0.4) is 0 Å². The fourth-order valence-electron chi connectivity index (χ4n) is 5.11. The molecule has 4 rings (SSSR count). The van der Waals surface area contributed by atoms with Crippen molar-refractivity contribution >= 4 is 6.21 Å². The largest absolute Gasteiger partial charge is 0.416 e. The summed E-state index contributed by atoms with van der Waals surface area (Å²) in [7, 11) is 0. The Morgan fingerprint density at radius 3 is 1.65 bits per heavy atom. The van der Waals surface area contributed by atoms with Crippen LogP contribution in [0.1, 0.15) is 53.1 Å². The molecule has 3 aromatic rings. The Balaban J connectivity index is 1.53. The van der Waals surface area contributed by atoms with Gasteiger partial charge in [-0.25, -0.2) is 0 Å². The van der Waals surface area contributed by atoms with Gasteiger partial charge < -0.3 is 9.94 Å². The van der Waals surface area contributed by atoms with Crippen LogP contribution in [0.5, 0.6) is 0 Å². The quantitative estimate of drug-likeness (QED) is 0.178. The summed E-state index contributed by atoms with van der Waals surface area (Å²) >= 11 is 0. The van der Waals surface area contributed by atoms with Gasteiger partial charge in [0.15, 0.2) is 0 Å². The smallest absolute Gasteiger partial charge is 0.396 e. The van der Waals surface area contributed by atoms with Crippen LogP contribution < -0.4 is 0 Å². The van der Waals surface area contributed by atoms with Crippen molar-refractivity contribution in [3.05, 3.63) is 106 Å². The van der Waals surface area contributed by atoms with Crippen LogP contribution in [-0.4, -0.2) is 35.9 Å². The van der Waals surface area contributed by atoms with E-state index in [2.05, 4.69) is 10.1 Å². The zero-order valence-electron chi connectivity index (χ0n) is 21.8. The SMILES string of the molecule is CCON=Cc1ccc(CN2CCC(C(O)(c3ccc(C(F)(F)F)cc3)c3ccc(C(F)(F)F)cc3)CC2)cc1. The molecular formula is C30H30F6N2O2. The Bertz CT molecular complexity index is 1200. The summed E-state index contributed by atoms with van der Waals surface area (Å²) in [5.41, 5.74) is -1.10. The van der Waals surface area contributed by atoms with Crippen molar-refractivity contribution in [3.8, 4) is 0 Å². The number of piperidine rings is 1. The number of alkyl halides is 6. The van der Waals surface area contributed by atoms with Gasteiger partial charge >= 0.3 is 12.4 Å². The van der Waals surface area contributed by atoms with E-state index < -0.39 is 35.0 Å². The van der Waals surface area contributed by atoms with Crippen molar-refractivity contribution < 1.29 is 36.3 Å². The highest BCUT2D eigenvalue weighted by atomic mass is 19.4. The summed E-state index contributed by atoms with van der Waals surface area (Å²) in [6, 6.07) is 16.2. The van der Waals surface area contributed by atoms with Crippen molar-refractivity contribution in [2.45, 2.75) is 44.3 Å². The van der Waals surface area contributed by atoms with Crippen LogP contribution in [-0.2, 0) is 29.3 Å². The minimum Gasteiger partial charge on any atom is -0.396 e. The van der Waals surface area contributed by atoms with E-state index in [1.165, 1.54) is 24.3 Å². The van der Waals surface area contributed by atoms with Crippen molar-refractivity contribution in [1.82, 2.24) is 4.90 Å². The Morgan fingerprint density at radius 1 is 0.775 bits per heavy atom. The molecule has 1 N–H and O–H groups in total. The average molecular weight is 565 g/mol. The molecule has 1 fully saturated rings. The minimum atomic E-state index is -4.55. The lowest BCUT2D eigenvalue weighted by Gasteiger charge is -2.42. The number of rotatable bonds is 8. The van der Waals surface area contributed by atoms with Gasteiger partial charge in [-0.1, -0.05) is 53.7 Å². The highest BCUT2D eigenvalue weighted by Gasteiger charge is 2.43. The number of hydrogen-bond acceptors (Lipinski definition) is 4. The first-order valence-corrected chi connectivity index (χ1v) is 13.0. The summed E-state index contributed by atoms with van der Waals surface area (Å²) < 4.78 is 79.1. The molecule has 3 aromatic carbocycles. The van der Waals surface area contributed by atoms with E-state index in [-0.39, 0.29) is 11.1 Å². The van der Waals surface area contributed by atoms with E-state index in [4.69, 9.17) is 4.84 Å². The van der Waals surface area contributed by atoms with Crippen molar-refractivity contribution in [2.75, 3.05) is 19.7 Å². The number of hydrogen-bond donors (Lipinski definition) is 1. The average Bonchev–Trinajstić information content (AvgIpc) is 2.93. The van der Waals surface area contributed by atoms with E-state index in [1.807, 2.05) is 31.2 Å². The number of nitrogens with zero attached hydrogens (tertiary/aromatic N) is 2. The monoisotopic (exact) mass is 564 g/mol. The van der Waals surface area contributed by atoms with Crippen molar-refractivity contribution in [1.29, 1.82) is 0 Å². The third-order valence-electron chi connectivity index (χ3n) is 7.27. The molecule has 0 radical (unpaired) electrons. The number of oxime groups is 1. The molecular weight excluding hydrogens is 534 g/mol. The second kappa shape index (κ2) is 12.0. The van der Waals surface area contributed by atoms with Crippen LogP contribution in [0.4, 0.5) is 26.3 Å². The number of aliphatic hydroxyl groups is 1. The van der Waals surface area contributed by atoms with Gasteiger partial charge in [-0.2, -0.15) is 26.3 Å². The summed E-state index contributed by atoms with van der Waals surface area (Å²) in [5, 5.41) is 15.9. The van der Waals surface area contributed by atoms with Gasteiger partial charge in [-0.05, 0) is 85.3 Å². The Labute approximate surface area is 228 Å². The maximum atomic E-state index is 13.2. The first kappa shape index (κ1) is 29.6. The van der Waals surface area contributed by atoms with Crippen molar-refractivity contribution in [2.24, 2.45) is 11.1 Å². The van der Waals surface area contributed by atoms with Crippen LogP contribution in [0.25, 0.3) is 0 Å². The molecule has 4 nitrogen and oxygen atoms in total. The molecule has 1 saturated heterocycles. The first-order valence-electron chi connectivity index (χ1n) is 13.0. The second-order valence-corrected chi connectivity index (χ2v) is 9.86. The minimum absolute atomic E-state index is 0.211. The fourth-order valence-corrected chi connectivity index (χ4v) is 5.11. The Hall–Kier alpha value is -3.37. The summed E-state index contributed by atoms with van der Waals surface area (Å²) in [5.74, 6) is -0.422. The number of benzene rings is 3. The van der Waals surface area contributed by atoms with Gasteiger partial charge in [0.1, 0.15) is 12.2 Å². The predicted octanol–water partition coefficient (Wildman–Crippen LogP) is 7.24. The molecule has 10 heteroatoms. The molecule has 0 atom stereocenters. The van der Waals surface area contributed by atoms with E-state index in [0.29, 0.717) is 39.1 Å². The molecule has 1 heterocycles. The lowest BCUT2D eigenvalue weighted by Crippen LogP contribution is -2.44. The number of halogens is 6. The fraction of sp³-hybridized carbons (Fsp3) is 0.367. The molecule has 0 aliphatic carbocycles. The van der Waals surface area contributed by atoms with Crippen LogP contribution in [0, 0.1) is 5.92 Å². The van der Waals surface area contributed by atoms with Gasteiger partial charge in [-0.3, -0.25) is 4.90 Å². The zero-order valence-corrected chi connectivity index (χ0v) is 21.8. The van der Waals surface area contributed by atoms with Gasteiger partial charge in [-0.15, -0.1) is 0 Å². The molecule has 0 saturated carbocycles. The van der Waals surface area contributed by atoms with E-state index >= 15 is 0 Å². The summed E-state index contributed by atoms with van der Waals surface area (Å²) in [6.07, 6.45) is -6.48. The topological polar surface area (TPSA) is 45.1 Å². The molecule has 40 heavy (non-hydrogen) atoms. The van der Waals surface area contributed by atoms with Crippen LogP contribution in [0.2, 0.25) is 0 Å². The second-order valence-electron chi connectivity index (χ2n) is 9.86. The van der Waals surface area contributed by atoms with Gasteiger partial charge in [0.25, 0.3) is 0 Å².